The highest BCUT2D eigenvalue weighted by Crippen LogP contribution is 2.43. The molecule has 0 radical (unpaired) electrons. The summed E-state index contributed by atoms with van der Waals surface area (Å²) in [7, 11) is 0. The van der Waals surface area contributed by atoms with Crippen LogP contribution < -0.4 is 5.56 Å². The van der Waals surface area contributed by atoms with E-state index in [0.717, 1.165) is 5.39 Å². The summed E-state index contributed by atoms with van der Waals surface area (Å²) >= 11 is 0. The smallest absolute Gasteiger partial charge is 0.343 e. The van der Waals surface area contributed by atoms with E-state index in [-0.39, 0.29) is 24.2 Å². The van der Waals surface area contributed by atoms with Gasteiger partial charge in [-0.25, -0.2) is 9.78 Å². The highest BCUT2D eigenvalue weighted by atomic mass is 16.7. The van der Waals surface area contributed by atoms with E-state index < -0.39 is 34.5 Å². The van der Waals surface area contributed by atoms with E-state index in [0.29, 0.717) is 22.5 Å². The fraction of sp³-hybridized carbons (Fsp3) is 0.318. The largest absolute Gasteiger partial charge is 0.458 e. The van der Waals surface area contributed by atoms with Gasteiger partial charge in [0.05, 0.1) is 27.4 Å². The number of cyclic esters (lactones) is 1. The lowest BCUT2D eigenvalue weighted by Gasteiger charge is -2.32. The van der Waals surface area contributed by atoms with E-state index in [2.05, 4.69) is 4.98 Å². The van der Waals surface area contributed by atoms with E-state index in [1.165, 1.54) is 11.5 Å². The van der Waals surface area contributed by atoms with Gasteiger partial charge >= 0.3 is 12.2 Å². The van der Waals surface area contributed by atoms with Crippen LogP contribution >= 0.6 is 0 Å². The third-order valence-corrected chi connectivity index (χ3v) is 6.10. The first-order chi connectivity index (χ1) is 15.3. The number of hydrogen-bond donors (Lipinski definition) is 1. The van der Waals surface area contributed by atoms with Crippen molar-refractivity contribution in [1.82, 2.24) is 9.55 Å². The SMILES string of the molecule is CC[C@@]1(O)C(=O)OCc2c1cc1n(c2=O)C(OC(C)[N+](=O)[O-])c2cc3ccccc3nc2-1. The number of aliphatic hydroxyl groups is 1. The van der Waals surface area contributed by atoms with E-state index in [4.69, 9.17) is 9.47 Å². The van der Waals surface area contributed by atoms with E-state index in [1.54, 1.807) is 19.1 Å². The molecule has 0 aliphatic carbocycles. The molecule has 4 heterocycles. The van der Waals surface area contributed by atoms with Gasteiger partial charge in [0.15, 0.2) is 11.8 Å². The molecule has 10 nitrogen and oxygen atoms in total. The maximum absolute atomic E-state index is 13.5. The van der Waals surface area contributed by atoms with Gasteiger partial charge in [0.25, 0.3) is 5.56 Å². The Hall–Kier alpha value is -3.63. The third-order valence-electron chi connectivity index (χ3n) is 6.10. The minimum atomic E-state index is -1.97. The number of carbonyl (C=O) groups excluding carboxylic acids is 1. The molecule has 3 aromatic rings. The summed E-state index contributed by atoms with van der Waals surface area (Å²) in [6.45, 7) is 2.59. The topological polar surface area (TPSA) is 134 Å². The maximum Gasteiger partial charge on any atom is 0.343 e. The number of nitro groups is 1. The fourth-order valence-electron chi connectivity index (χ4n) is 4.32. The molecule has 1 N–H and O–H groups in total. The Morgan fingerprint density at radius 2 is 2.12 bits per heavy atom. The predicted molar refractivity (Wildman–Crippen MR) is 111 cm³/mol. The van der Waals surface area contributed by atoms with Crippen LogP contribution in [0.1, 0.15) is 43.2 Å². The summed E-state index contributed by atoms with van der Waals surface area (Å²) in [5.74, 6) is -0.823. The average molecular weight is 437 g/mol. The number of fused-ring (bicyclic) bond motifs is 5. The minimum Gasteiger partial charge on any atom is -0.458 e. The van der Waals surface area contributed by atoms with E-state index in [9.17, 15) is 24.8 Å². The first kappa shape index (κ1) is 20.3. The molecule has 1 aromatic carbocycles. The zero-order valence-corrected chi connectivity index (χ0v) is 17.3. The third kappa shape index (κ3) is 2.69. The van der Waals surface area contributed by atoms with E-state index >= 15 is 0 Å². The van der Waals surface area contributed by atoms with Crippen LogP contribution in [0.15, 0.2) is 41.2 Å². The molecule has 0 fully saturated rings. The highest BCUT2D eigenvalue weighted by Gasteiger charge is 2.46. The Morgan fingerprint density at radius 1 is 1.38 bits per heavy atom. The highest BCUT2D eigenvalue weighted by molar-refractivity contribution is 5.86. The van der Waals surface area contributed by atoms with Crippen LogP contribution in [-0.2, 0) is 26.5 Å². The number of hydrogen-bond acceptors (Lipinski definition) is 8. The lowest BCUT2D eigenvalue weighted by atomic mass is 9.86. The van der Waals surface area contributed by atoms with Gasteiger partial charge in [0, 0.05) is 23.4 Å². The molecule has 0 bridgehead atoms. The molecule has 164 valence electrons. The van der Waals surface area contributed by atoms with Crippen LogP contribution in [0.5, 0.6) is 0 Å². The van der Waals surface area contributed by atoms with Crippen molar-refractivity contribution < 1.29 is 24.3 Å². The van der Waals surface area contributed by atoms with Crippen molar-refractivity contribution in [1.29, 1.82) is 0 Å². The molecule has 0 spiro atoms. The molecular weight excluding hydrogens is 418 g/mol. The van der Waals surface area contributed by atoms with Crippen LogP contribution in [-0.4, -0.2) is 31.8 Å². The van der Waals surface area contributed by atoms with Crippen molar-refractivity contribution in [3.05, 3.63) is 73.6 Å². The molecule has 32 heavy (non-hydrogen) atoms. The number of rotatable bonds is 4. The first-order valence-corrected chi connectivity index (χ1v) is 10.1. The second kappa shape index (κ2) is 6.94. The summed E-state index contributed by atoms with van der Waals surface area (Å²) in [5.41, 5.74) is -0.376. The monoisotopic (exact) mass is 437 g/mol. The summed E-state index contributed by atoms with van der Waals surface area (Å²) in [4.78, 5) is 41.2. The van der Waals surface area contributed by atoms with Gasteiger partial charge in [0.2, 0.25) is 0 Å². The number of nitrogens with zero attached hydrogens (tertiary/aromatic N) is 3. The lowest BCUT2D eigenvalue weighted by molar-refractivity contribution is -0.576. The van der Waals surface area contributed by atoms with Crippen LogP contribution in [0.2, 0.25) is 0 Å². The van der Waals surface area contributed by atoms with Crippen molar-refractivity contribution >= 4 is 16.9 Å². The van der Waals surface area contributed by atoms with Gasteiger partial charge in [-0.3, -0.25) is 24.2 Å². The fourth-order valence-corrected chi connectivity index (χ4v) is 4.32. The molecule has 2 unspecified atom stereocenters. The molecular formula is C22H19N3O7. The first-order valence-electron chi connectivity index (χ1n) is 10.1. The molecule has 0 amide bonds. The molecule has 5 rings (SSSR count). The number of esters is 1. The summed E-state index contributed by atoms with van der Waals surface area (Å²) in [5, 5.41) is 23.1. The second-order valence-corrected chi connectivity index (χ2v) is 7.88. The second-order valence-electron chi connectivity index (χ2n) is 7.88. The molecule has 10 heteroatoms. The van der Waals surface area contributed by atoms with E-state index in [1.807, 2.05) is 24.3 Å². The number of aromatic nitrogens is 2. The van der Waals surface area contributed by atoms with Gasteiger partial charge in [-0.05, 0) is 24.6 Å². The van der Waals surface area contributed by atoms with Crippen LogP contribution in [0, 0.1) is 10.1 Å². The van der Waals surface area contributed by atoms with Crippen molar-refractivity contribution in [3.8, 4) is 11.4 Å². The molecule has 3 atom stereocenters. The van der Waals surface area contributed by atoms with Gasteiger partial charge in [-0.1, -0.05) is 25.1 Å². The number of carbonyl (C=O) groups is 1. The van der Waals surface area contributed by atoms with Gasteiger partial charge in [-0.15, -0.1) is 0 Å². The molecule has 2 aliphatic rings. The Kier molecular flexibility index (Phi) is 4.40. The Morgan fingerprint density at radius 3 is 2.84 bits per heavy atom. The predicted octanol–water partition coefficient (Wildman–Crippen LogP) is 2.22. The van der Waals surface area contributed by atoms with Crippen LogP contribution in [0.3, 0.4) is 0 Å². The normalized spacial score (nSPS) is 22.1. The number of benzene rings is 1. The average Bonchev–Trinajstić information content (AvgIpc) is 3.08. The Balaban J connectivity index is 1.82. The molecule has 0 saturated carbocycles. The van der Waals surface area contributed by atoms with Crippen molar-refractivity contribution in [2.45, 2.75) is 44.9 Å². The lowest BCUT2D eigenvalue weighted by Crippen LogP contribution is -2.45. The van der Waals surface area contributed by atoms with Crippen molar-refractivity contribution in [2.24, 2.45) is 0 Å². The van der Waals surface area contributed by atoms with Gasteiger partial charge in [-0.2, -0.15) is 0 Å². The van der Waals surface area contributed by atoms with Crippen LogP contribution in [0.25, 0.3) is 22.3 Å². The van der Waals surface area contributed by atoms with Crippen molar-refractivity contribution in [2.75, 3.05) is 0 Å². The molecule has 2 aliphatic heterocycles. The number of ether oxygens (including phenoxy) is 2. The van der Waals surface area contributed by atoms with Crippen molar-refractivity contribution in [3.63, 3.8) is 0 Å². The van der Waals surface area contributed by atoms with Gasteiger partial charge < -0.3 is 9.84 Å². The standard InChI is InChI=1S/C22H19N3O7/c1-3-22(28)15-9-17-18-13(8-12-6-4-5-7-16(12)23-18)20(32-11(2)25(29)30)24(17)19(26)14(15)10-31-21(22)27/h4-9,11,20,28H,3,10H2,1-2H3/t11?,20?,22-/m0/s1. The summed E-state index contributed by atoms with van der Waals surface area (Å²) < 4.78 is 12.1. The summed E-state index contributed by atoms with van der Waals surface area (Å²) in [6, 6.07) is 10.6. The number of para-hydroxylation sites is 1. The Bertz CT molecular complexity index is 1370. The zero-order chi connectivity index (χ0) is 22.8. The minimum absolute atomic E-state index is 0.0119. The quantitative estimate of drug-likeness (QED) is 0.284. The maximum atomic E-state index is 13.5. The number of pyridine rings is 2. The molecule has 0 saturated heterocycles. The van der Waals surface area contributed by atoms with Crippen LogP contribution in [0.4, 0.5) is 0 Å². The molecule has 2 aromatic heterocycles. The Labute approximate surface area is 181 Å². The summed E-state index contributed by atoms with van der Waals surface area (Å²) in [6.07, 6.45) is -2.47. The zero-order valence-electron chi connectivity index (χ0n) is 17.3. The van der Waals surface area contributed by atoms with Gasteiger partial charge in [0.1, 0.15) is 6.61 Å².